The summed E-state index contributed by atoms with van der Waals surface area (Å²) in [6.45, 7) is 13.1. The molecule has 4 heteroatoms. The van der Waals surface area contributed by atoms with E-state index in [1.54, 1.807) is 0 Å². The van der Waals surface area contributed by atoms with Gasteiger partial charge in [0.25, 0.3) is 0 Å². The van der Waals surface area contributed by atoms with Gasteiger partial charge in [-0.3, -0.25) is 4.68 Å². The van der Waals surface area contributed by atoms with Gasteiger partial charge in [0.15, 0.2) is 0 Å². The van der Waals surface area contributed by atoms with Crippen LogP contribution in [0.25, 0.3) is 0 Å². The first-order chi connectivity index (χ1) is 9.60. The Bertz CT molecular complexity index is 374. The number of hydrogen-bond donors (Lipinski definition) is 1. The Morgan fingerprint density at radius 2 is 2.00 bits per heavy atom. The molecule has 0 saturated heterocycles. The fourth-order valence-corrected chi connectivity index (χ4v) is 3.43. The minimum absolute atomic E-state index is 0.551. The van der Waals surface area contributed by atoms with Crippen LogP contribution in [0.4, 0.5) is 0 Å². The second-order valence-electron chi connectivity index (χ2n) is 5.69. The van der Waals surface area contributed by atoms with Crippen molar-refractivity contribution in [2.24, 2.45) is 5.92 Å². The molecule has 1 aromatic rings. The lowest BCUT2D eigenvalue weighted by molar-refractivity contribution is 0.532. The first-order valence-electron chi connectivity index (χ1n) is 7.97. The van der Waals surface area contributed by atoms with Crippen LogP contribution in [0.15, 0.2) is 6.07 Å². The van der Waals surface area contributed by atoms with Crippen LogP contribution >= 0.6 is 11.8 Å². The number of hydrogen-bond acceptors (Lipinski definition) is 3. The first kappa shape index (κ1) is 17.6. The summed E-state index contributed by atoms with van der Waals surface area (Å²) in [5.41, 5.74) is 2.59. The van der Waals surface area contributed by atoms with Crippen LogP contribution in [0, 0.1) is 5.92 Å². The third-order valence-electron chi connectivity index (χ3n) is 3.29. The van der Waals surface area contributed by atoms with Crippen molar-refractivity contribution in [2.75, 3.05) is 18.1 Å². The molecule has 0 saturated carbocycles. The van der Waals surface area contributed by atoms with Gasteiger partial charge in [0.05, 0.1) is 5.69 Å². The Balaban J connectivity index is 2.61. The van der Waals surface area contributed by atoms with E-state index < -0.39 is 0 Å². The lowest BCUT2D eigenvalue weighted by atomic mass is 10.1. The van der Waals surface area contributed by atoms with Crippen LogP contribution in [0.1, 0.15) is 46.0 Å². The molecule has 3 nitrogen and oxygen atoms in total. The van der Waals surface area contributed by atoms with Crippen LogP contribution in [-0.4, -0.2) is 33.9 Å². The van der Waals surface area contributed by atoms with E-state index in [9.17, 15) is 0 Å². The molecule has 0 radical (unpaired) electrons. The van der Waals surface area contributed by atoms with Crippen molar-refractivity contribution in [3.8, 4) is 0 Å². The number of likely N-dealkylation sites (N-methyl/N-ethyl adjacent to an activating group) is 1. The summed E-state index contributed by atoms with van der Waals surface area (Å²) < 4.78 is 2.16. The van der Waals surface area contributed by atoms with Crippen LogP contribution in [0.5, 0.6) is 0 Å². The second kappa shape index (κ2) is 9.46. The Labute approximate surface area is 128 Å². The highest BCUT2D eigenvalue weighted by Gasteiger charge is 2.13. The Morgan fingerprint density at radius 1 is 1.25 bits per heavy atom. The molecule has 0 fully saturated rings. The molecule has 0 aromatic carbocycles. The average molecular weight is 298 g/mol. The van der Waals surface area contributed by atoms with E-state index in [0.717, 1.165) is 31.8 Å². The quantitative estimate of drug-likeness (QED) is 0.718. The lowest BCUT2D eigenvalue weighted by Gasteiger charge is -2.18. The molecule has 1 unspecified atom stereocenters. The van der Waals surface area contributed by atoms with Gasteiger partial charge in [-0.2, -0.15) is 16.9 Å². The van der Waals surface area contributed by atoms with Gasteiger partial charge in [-0.15, -0.1) is 0 Å². The van der Waals surface area contributed by atoms with Gasteiger partial charge in [0, 0.05) is 30.5 Å². The van der Waals surface area contributed by atoms with E-state index in [4.69, 9.17) is 0 Å². The topological polar surface area (TPSA) is 29.9 Å². The Hall–Kier alpha value is -0.480. The first-order valence-corrected chi connectivity index (χ1v) is 9.12. The molecular formula is C16H31N3S. The largest absolute Gasteiger partial charge is 0.313 e. The van der Waals surface area contributed by atoms with Crippen molar-refractivity contribution in [2.45, 2.75) is 60.0 Å². The van der Waals surface area contributed by atoms with Crippen molar-refractivity contribution in [3.05, 3.63) is 17.5 Å². The summed E-state index contributed by atoms with van der Waals surface area (Å²) in [5.74, 6) is 3.20. The zero-order valence-electron chi connectivity index (χ0n) is 13.8. The molecule has 0 aliphatic carbocycles. The molecule has 0 spiro atoms. The van der Waals surface area contributed by atoms with Crippen LogP contribution < -0.4 is 5.32 Å². The fourth-order valence-electron chi connectivity index (χ4n) is 2.30. The van der Waals surface area contributed by atoms with Crippen molar-refractivity contribution < 1.29 is 0 Å². The lowest BCUT2D eigenvalue weighted by Crippen LogP contribution is -2.34. The molecule has 1 rings (SSSR count). The zero-order valence-corrected chi connectivity index (χ0v) is 14.6. The summed E-state index contributed by atoms with van der Waals surface area (Å²) in [6.07, 6.45) is 2.10. The van der Waals surface area contributed by atoms with E-state index >= 15 is 0 Å². The average Bonchev–Trinajstić information content (AvgIpc) is 2.80. The second-order valence-corrected chi connectivity index (χ2v) is 6.76. The van der Waals surface area contributed by atoms with E-state index in [0.29, 0.717) is 6.04 Å². The summed E-state index contributed by atoms with van der Waals surface area (Å²) in [5, 5.41) is 8.27. The molecule has 0 aliphatic rings. The summed E-state index contributed by atoms with van der Waals surface area (Å²) >= 11 is 2.06. The molecule has 0 aliphatic heterocycles. The van der Waals surface area contributed by atoms with Gasteiger partial charge in [0.1, 0.15) is 0 Å². The van der Waals surface area contributed by atoms with E-state index in [-0.39, 0.29) is 0 Å². The van der Waals surface area contributed by atoms with E-state index in [2.05, 4.69) is 67.5 Å². The van der Waals surface area contributed by atoms with Gasteiger partial charge in [-0.05, 0) is 37.6 Å². The molecular weight excluding hydrogens is 266 g/mol. The third-order valence-corrected chi connectivity index (χ3v) is 4.83. The van der Waals surface area contributed by atoms with Crippen LogP contribution in [-0.2, 0) is 19.4 Å². The molecule has 116 valence electrons. The van der Waals surface area contributed by atoms with Crippen molar-refractivity contribution in [3.63, 3.8) is 0 Å². The highest BCUT2D eigenvalue weighted by atomic mass is 32.2. The molecule has 1 heterocycles. The molecule has 0 amide bonds. The predicted octanol–water partition coefficient (Wildman–Crippen LogP) is 3.38. The van der Waals surface area contributed by atoms with Crippen molar-refractivity contribution >= 4 is 11.8 Å². The SMILES string of the molecule is CCNC(CSCC(C)C)Cc1cc(CC)nn1CC. The van der Waals surface area contributed by atoms with E-state index in [1.165, 1.54) is 22.9 Å². The van der Waals surface area contributed by atoms with Gasteiger partial charge in [0.2, 0.25) is 0 Å². The Morgan fingerprint density at radius 3 is 2.55 bits per heavy atom. The maximum absolute atomic E-state index is 4.65. The summed E-state index contributed by atoms with van der Waals surface area (Å²) in [4.78, 5) is 0. The molecule has 20 heavy (non-hydrogen) atoms. The highest BCUT2D eigenvalue weighted by molar-refractivity contribution is 7.99. The maximum atomic E-state index is 4.65. The number of aromatic nitrogens is 2. The minimum Gasteiger partial charge on any atom is -0.313 e. The predicted molar refractivity (Wildman–Crippen MR) is 90.6 cm³/mol. The van der Waals surface area contributed by atoms with Crippen LogP contribution in [0.2, 0.25) is 0 Å². The monoisotopic (exact) mass is 297 g/mol. The molecule has 1 atom stereocenters. The number of aryl methyl sites for hydroxylation is 2. The smallest absolute Gasteiger partial charge is 0.0624 e. The van der Waals surface area contributed by atoms with Gasteiger partial charge in [-0.1, -0.05) is 27.7 Å². The van der Waals surface area contributed by atoms with Gasteiger partial charge < -0.3 is 5.32 Å². The fraction of sp³-hybridized carbons (Fsp3) is 0.812. The van der Waals surface area contributed by atoms with Crippen molar-refractivity contribution in [1.82, 2.24) is 15.1 Å². The Kier molecular flexibility index (Phi) is 8.31. The normalized spacial score (nSPS) is 13.1. The van der Waals surface area contributed by atoms with Gasteiger partial charge in [-0.25, -0.2) is 0 Å². The zero-order chi connectivity index (χ0) is 15.0. The number of nitrogens with zero attached hydrogens (tertiary/aromatic N) is 2. The minimum atomic E-state index is 0.551. The molecule has 1 N–H and O–H groups in total. The highest BCUT2D eigenvalue weighted by Crippen LogP contribution is 2.14. The third kappa shape index (κ3) is 5.88. The summed E-state index contributed by atoms with van der Waals surface area (Å²) in [6, 6.07) is 2.83. The summed E-state index contributed by atoms with van der Waals surface area (Å²) in [7, 11) is 0. The number of nitrogens with one attached hydrogen (secondary N) is 1. The van der Waals surface area contributed by atoms with Crippen LogP contribution in [0.3, 0.4) is 0 Å². The van der Waals surface area contributed by atoms with Gasteiger partial charge >= 0.3 is 0 Å². The van der Waals surface area contributed by atoms with Crippen molar-refractivity contribution in [1.29, 1.82) is 0 Å². The molecule has 1 aromatic heterocycles. The number of thioether (sulfide) groups is 1. The maximum Gasteiger partial charge on any atom is 0.0624 e. The number of rotatable bonds is 10. The standard InChI is InChI=1S/C16H31N3S/c1-6-14-9-16(19(8-3)18-14)10-15(17-7-2)12-20-11-13(4)5/h9,13,15,17H,6-8,10-12H2,1-5H3. The molecule has 0 bridgehead atoms. The van der Waals surface area contributed by atoms with E-state index in [1.807, 2.05) is 0 Å².